The van der Waals surface area contributed by atoms with Crippen LogP contribution < -0.4 is 9.64 Å². The van der Waals surface area contributed by atoms with Crippen LogP contribution in [0.3, 0.4) is 0 Å². The highest BCUT2D eigenvalue weighted by Crippen LogP contribution is 2.35. The fourth-order valence-corrected chi connectivity index (χ4v) is 3.97. The van der Waals surface area contributed by atoms with Crippen molar-refractivity contribution in [3.8, 4) is 5.75 Å². The van der Waals surface area contributed by atoms with Crippen LogP contribution in [0, 0.1) is 0 Å². The predicted octanol–water partition coefficient (Wildman–Crippen LogP) is 6.35. The summed E-state index contributed by atoms with van der Waals surface area (Å²) in [5.74, 6) is 0.251. The van der Waals surface area contributed by atoms with Gasteiger partial charge in [0, 0.05) is 24.7 Å². The van der Waals surface area contributed by atoms with Gasteiger partial charge in [0.2, 0.25) is 0 Å². The van der Waals surface area contributed by atoms with E-state index in [-0.39, 0.29) is 5.75 Å². The van der Waals surface area contributed by atoms with Gasteiger partial charge in [-0.1, -0.05) is 24.2 Å². The molecule has 30 heavy (non-hydrogen) atoms. The average Bonchev–Trinajstić information content (AvgIpc) is 3.18. The Bertz CT molecular complexity index is 1130. The highest BCUT2D eigenvalue weighted by atomic mass is 35.5. The van der Waals surface area contributed by atoms with Crippen molar-refractivity contribution in [2.45, 2.75) is 19.7 Å². The quantitative estimate of drug-likeness (QED) is 0.523. The summed E-state index contributed by atoms with van der Waals surface area (Å²) >= 11 is 6.28. The summed E-state index contributed by atoms with van der Waals surface area (Å²) in [4.78, 5) is 9.34. The van der Waals surface area contributed by atoms with Crippen LogP contribution in [0.2, 0.25) is 5.02 Å². The molecule has 0 radical (unpaired) electrons. The van der Waals surface area contributed by atoms with Gasteiger partial charge in [0.15, 0.2) is 0 Å². The first-order valence-corrected chi connectivity index (χ1v) is 9.71. The largest absolute Gasteiger partial charge is 0.573 e. The maximum absolute atomic E-state index is 12.4. The van der Waals surface area contributed by atoms with Gasteiger partial charge < -0.3 is 14.6 Å². The van der Waals surface area contributed by atoms with E-state index in [9.17, 15) is 13.2 Å². The number of rotatable bonds is 3. The summed E-state index contributed by atoms with van der Waals surface area (Å²) in [6.07, 6.45) is -1.06. The number of ether oxygens (including phenoxy) is 1. The zero-order chi connectivity index (χ0) is 21.5. The highest BCUT2D eigenvalue weighted by Gasteiger charge is 2.31. The number of benzene rings is 1. The molecule has 1 N–H and O–H groups in total. The molecule has 1 fully saturated rings. The maximum Gasteiger partial charge on any atom is 0.573 e. The molecule has 3 aromatic rings. The number of halogens is 4. The third-order valence-electron chi connectivity index (χ3n) is 5.27. The van der Waals surface area contributed by atoms with Crippen molar-refractivity contribution in [1.82, 2.24) is 9.97 Å². The number of allylic oxidation sites excluding steroid dienone is 1. The number of piperidine rings is 1. The number of alkyl halides is 3. The fraction of sp³-hybridized carbons (Fsp3) is 0.227. The summed E-state index contributed by atoms with van der Waals surface area (Å²) in [5, 5.41) is 1.69. The Hall–Kier alpha value is -2.93. The van der Waals surface area contributed by atoms with Crippen LogP contribution in [0.4, 0.5) is 19.0 Å². The average molecular weight is 434 g/mol. The molecule has 4 nitrogen and oxygen atoms in total. The molecule has 1 aliphatic heterocycles. The third-order valence-corrected chi connectivity index (χ3v) is 5.58. The molecule has 0 unspecified atom stereocenters. The minimum Gasteiger partial charge on any atom is -0.404 e. The zero-order valence-electron chi connectivity index (χ0n) is 16.2. The van der Waals surface area contributed by atoms with Gasteiger partial charge in [-0.2, -0.15) is 0 Å². The number of pyridine rings is 1. The molecule has 0 bridgehead atoms. The molecule has 0 atom stereocenters. The summed E-state index contributed by atoms with van der Waals surface area (Å²) < 4.78 is 41.0. The highest BCUT2D eigenvalue weighted by molar-refractivity contribution is 6.35. The molecule has 3 heterocycles. The van der Waals surface area contributed by atoms with Gasteiger partial charge >= 0.3 is 6.36 Å². The van der Waals surface area contributed by atoms with Crippen molar-refractivity contribution in [1.29, 1.82) is 0 Å². The van der Waals surface area contributed by atoms with Crippen LogP contribution in [0.25, 0.3) is 16.5 Å². The van der Waals surface area contributed by atoms with Crippen LogP contribution >= 0.6 is 11.6 Å². The lowest BCUT2D eigenvalue weighted by atomic mass is 9.90. The number of hydrogen-bond donors (Lipinski definition) is 1. The normalized spacial score (nSPS) is 16.8. The predicted molar refractivity (Wildman–Crippen MR) is 113 cm³/mol. The Morgan fingerprint density at radius 2 is 2.03 bits per heavy atom. The van der Waals surface area contributed by atoms with Crippen molar-refractivity contribution in [2.24, 2.45) is 0 Å². The third kappa shape index (κ3) is 4.03. The molecule has 1 aliphatic rings. The van der Waals surface area contributed by atoms with Gasteiger partial charge in [-0.15, -0.1) is 13.2 Å². The van der Waals surface area contributed by atoms with E-state index in [1.807, 2.05) is 36.2 Å². The minimum atomic E-state index is -4.73. The van der Waals surface area contributed by atoms with E-state index in [0.29, 0.717) is 23.9 Å². The fourth-order valence-electron chi connectivity index (χ4n) is 3.75. The lowest BCUT2D eigenvalue weighted by molar-refractivity contribution is -0.274. The Kier molecular flexibility index (Phi) is 5.24. The summed E-state index contributed by atoms with van der Waals surface area (Å²) in [6, 6.07) is 8.66. The summed E-state index contributed by atoms with van der Waals surface area (Å²) in [6.45, 7) is 7.52. The number of aromatic amines is 1. The van der Waals surface area contributed by atoms with E-state index in [4.69, 9.17) is 11.6 Å². The molecule has 8 heteroatoms. The van der Waals surface area contributed by atoms with E-state index in [0.717, 1.165) is 45.8 Å². The number of H-pyrrole nitrogens is 1. The second-order valence-electron chi connectivity index (χ2n) is 7.14. The van der Waals surface area contributed by atoms with Gasteiger partial charge in [-0.05, 0) is 59.9 Å². The molecule has 1 aromatic carbocycles. The first-order valence-electron chi connectivity index (χ1n) is 9.33. The van der Waals surface area contributed by atoms with Gasteiger partial charge in [-0.3, -0.25) is 0 Å². The van der Waals surface area contributed by atoms with Gasteiger partial charge in [0.1, 0.15) is 11.6 Å². The number of nitrogens with zero attached hydrogens (tertiary/aromatic N) is 2. The minimum absolute atomic E-state index is 0.337. The molecule has 0 amide bonds. The molecule has 0 aliphatic carbocycles. The van der Waals surface area contributed by atoms with Crippen LogP contribution in [0.1, 0.15) is 18.9 Å². The Morgan fingerprint density at radius 3 is 2.73 bits per heavy atom. The summed E-state index contributed by atoms with van der Waals surface area (Å²) in [7, 11) is 0. The van der Waals surface area contributed by atoms with Crippen LogP contribution in [0.15, 0.2) is 60.5 Å². The smallest absolute Gasteiger partial charge is 0.404 e. The second kappa shape index (κ2) is 7.72. The van der Waals surface area contributed by atoms with Crippen molar-refractivity contribution in [3.63, 3.8) is 0 Å². The summed E-state index contributed by atoms with van der Waals surface area (Å²) in [5.41, 5.74) is 5.16. The Balaban J connectivity index is 1.64. The van der Waals surface area contributed by atoms with Gasteiger partial charge in [0.25, 0.3) is 0 Å². The van der Waals surface area contributed by atoms with E-state index >= 15 is 0 Å². The van der Waals surface area contributed by atoms with Crippen molar-refractivity contribution < 1.29 is 17.9 Å². The number of anilines is 1. The lowest BCUT2D eigenvalue weighted by Gasteiger charge is -2.32. The standard InChI is InChI=1S/C22H19ClF3N3O/c1-13-8-10-29(20-6-3-15(11-28-20)30-22(24,25)26)12-18(13)14(2)16-4-5-19(23)21-17(16)7-9-27-21/h3-7,9,11,27H,1,8,10,12H2,2H3/b18-14+. The van der Waals surface area contributed by atoms with Crippen LogP contribution in [-0.4, -0.2) is 29.4 Å². The molecule has 1 saturated heterocycles. The van der Waals surface area contributed by atoms with E-state index < -0.39 is 6.36 Å². The van der Waals surface area contributed by atoms with Crippen LogP contribution in [-0.2, 0) is 0 Å². The van der Waals surface area contributed by atoms with E-state index in [1.165, 1.54) is 12.1 Å². The van der Waals surface area contributed by atoms with Crippen LogP contribution in [0.5, 0.6) is 5.75 Å². The SMILES string of the molecule is C=C1CCN(c2ccc(OC(F)(F)F)cn2)C/C1=C(/C)c1ccc(Cl)c2[nH]ccc12. The van der Waals surface area contributed by atoms with E-state index in [2.05, 4.69) is 21.3 Å². The van der Waals surface area contributed by atoms with Crippen molar-refractivity contribution in [3.05, 3.63) is 71.0 Å². The molecule has 0 saturated carbocycles. The molecule has 4 rings (SSSR count). The number of nitrogens with one attached hydrogen (secondary N) is 1. The maximum atomic E-state index is 12.4. The Labute approximate surface area is 176 Å². The van der Waals surface area contributed by atoms with Gasteiger partial charge in [0.05, 0.1) is 16.7 Å². The first-order chi connectivity index (χ1) is 14.2. The lowest BCUT2D eigenvalue weighted by Crippen LogP contribution is -2.33. The molecule has 156 valence electrons. The molecule has 2 aromatic heterocycles. The second-order valence-corrected chi connectivity index (χ2v) is 7.55. The first kappa shape index (κ1) is 20.3. The van der Waals surface area contributed by atoms with Crippen molar-refractivity contribution >= 4 is 33.9 Å². The number of hydrogen-bond acceptors (Lipinski definition) is 3. The number of aromatic nitrogens is 2. The van der Waals surface area contributed by atoms with Gasteiger partial charge in [-0.25, -0.2) is 4.98 Å². The topological polar surface area (TPSA) is 41.1 Å². The Morgan fingerprint density at radius 1 is 1.23 bits per heavy atom. The molecular weight excluding hydrogens is 415 g/mol. The zero-order valence-corrected chi connectivity index (χ0v) is 16.9. The van der Waals surface area contributed by atoms with Crippen molar-refractivity contribution in [2.75, 3.05) is 18.0 Å². The van der Waals surface area contributed by atoms with E-state index in [1.54, 1.807) is 0 Å². The monoisotopic (exact) mass is 433 g/mol. The number of fused-ring (bicyclic) bond motifs is 1. The molecular formula is C22H19ClF3N3O. The molecule has 0 spiro atoms.